The highest BCUT2D eigenvalue weighted by molar-refractivity contribution is 5.92. The number of aromatic nitrogens is 2. The van der Waals surface area contributed by atoms with Crippen LogP contribution in [0.25, 0.3) is 0 Å². The van der Waals surface area contributed by atoms with Gasteiger partial charge in [-0.05, 0) is 11.6 Å². The number of hydrogen-bond donors (Lipinski definition) is 2. The van der Waals surface area contributed by atoms with Gasteiger partial charge in [-0.2, -0.15) is 5.10 Å². The van der Waals surface area contributed by atoms with Crippen molar-refractivity contribution in [1.29, 1.82) is 0 Å². The van der Waals surface area contributed by atoms with Crippen LogP contribution in [0.3, 0.4) is 0 Å². The van der Waals surface area contributed by atoms with Crippen LogP contribution < -0.4 is 5.32 Å². The summed E-state index contributed by atoms with van der Waals surface area (Å²) in [6.07, 6.45) is 1.39. The standard InChI is InChI=1S/C13H15N3O2/c1-18-12(10-5-3-2-4-6-10)9-14-13(17)11-7-8-15-16-11/h2-8,12H,9H2,1H3,(H,14,17)(H,15,16). The Labute approximate surface area is 105 Å². The lowest BCUT2D eigenvalue weighted by molar-refractivity contribution is 0.0824. The number of rotatable bonds is 5. The third kappa shape index (κ3) is 2.95. The first-order chi connectivity index (χ1) is 8.81. The quantitative estimate of drug-likeness (QED) is 0.839. The Hall–Kier alpha value is -2.14. The summed E-state index contributed by atoms with van der Waals surface area (Å²) < 4.78 is 5.36. The van der Waals surface area contributed by atoms with E-state index >= 15 is 0 Å². The minimum absolute atomic E-state index is 0.155. The molecule has 0 bridgehead atoms. The Morgan fingerprint density at radius 3 is 2.78 bits per heavy atom. The van der Waals surface area contributed by atoms with E-state index in [0.717, 1.165) is 5.56 Å². The molecule has 2 aromatic rings. The number of nitrogens with zero attached hydrogens (tertiary/aromatic N) is 1. The predicted molar refractivity (Wildman–Crippen MR) is 67.1 cm³/mol. The molecule has 0 aliphatic rings. The number of methoxy groups -OCH3 is 1. The van der Waals surface area contributed by atoms with Crippen molar-refractivity contribution in [2.24, 2.45) is 0 Å². The van der Waals surface area contributed by atoms with Crippen molar-refractivity contribution in [3.05, 3.63) is 53.9 Å². The van der Waals surface area contributed by atoms with Gasteiger partial charge in [0.15, 0.2) is 0 Å². The maximum atomic E-state index is 11.7. The topological polar surface area (TPSA) is 67.0 Å². The van der Waals surface area contributed by atoms with Gasteiger partial charge in [0.1, 0.15) is 5.69 Å². The average molecular weight is 245 g/mol. The third-order valence-corrected chi connectivity index (χ3v) is 2.65. The van der Waals surface area contributed by atoms with Crippen LogP contribution in [0.1, 0.15) is 22.2 Å². The van der Waals surface area contributed by atoms with E-state index in [9.17, 15) is 4.79 Å². The van der Waals surface area contributed by atoms with Crippen molar-refractivity contribution in [2.45, 2.75) is 6.10 Å². The fourth-order valence-electron chi connectivity index (χ4n) is 1.67. The molecule has 0 aliphatic carbocycles. The summed E-state index contributed by atoms with van der Waals surface area (Å²) in [5.41, 5.74) is 1.47. The molecule has 2 rings (SSSR count). The fourth-order valence-corrected chi connectivity index (χ4v) is 1.67. The molecule has 0 saturated carbocycles. The maximum Gasteiger partial charge on any atom is 0.269 e. The summed E-state index contributed by atoms with van der Waals surface area (Å²) in [4.78, 5) is 11.7. The van der Waals surface area contributed by atoms with Gasteiger partial charge in [0.2, 0.25) is 0 Å². The van der Waals surface area contributed by atoms with Crippen molar-refractivity contribution in [2.75, 3.05) is 13.7 Å². The number of H-pyrrole nitrogens is 1. The number of nitrogens with one attached hydrogen (secondary N) is 2. The number of benzene rings is 1. The smallest absolute Gasteiger partial charge is 0.269 e. The van der Waals surface area contributed by atoms with Crippen molar-refractivity contribution in [3.8, 4) is 0 Å². The van der Waals surface area contributed by atoms with E-state index in [0.29, 0.717) is 12.2 Å². The molecule has 1 heterocycles. The zero-order valence-electron chi connectivity index (χ0n) is 10.1. The van der Waals surface area contributed by atoms with E-state index in [1.165, 1.54) is 0 Å². The largest absolute Gasteiger partial charge is 0.375 e. The van der Waals surface area contributed by atoms with Gasteiger partial charge in [0, 0.05) is 19.9 Å². The van der Waals surface area contributed by atoms with Crippen LogP contribution in [-0.2, 0) is 4.74 Å². The molecule has 2 N–H and O–H groups in total. The van der Waals surface area contributed by atoms with Crippen molar-refractivity contribution in [1.82, 2.24) is 15.5 Å². The first-order valence-electron chi connectivity index (χ1n) is 5.66. The monoisotopic (exact) mass is 245 g/mol. The van der Waals surface area contributed by atoms with Gasteiger partial charge in [-0.15, -0.1) is 0 Å². The van der Waals surface area contributed by atoms with Gasteiger partial charge in [-0.1, -0.05) is 30.3 Å². The van der Waals surface area contributed by atoms with Crippen LogP contribution in [0.5, 0.6) is 0 Å². The molecule has 0 saturated heterocycles. The zero-order chi connectivity index (χ0) is 12.8. The van der Waals surface area contributed by atoms with Crippen molar-refractivity contribution >= 4 is 5.91 Å². The zero-order valence-corrected chi connectivity index (χ0v) is 10.1. The number of carbonyl (C=O) groups is 1. The molecule has 0 aliphatic heterocycles. The van der Waals surface area contributed by atoms with Gasteiger partial charge >= 0.3 is 0 Å². The van der Waals surface area contributed by atoms with E-state index in [-0.39, 0.29) is 12.0 Å². The molecule has 0 fully saturated rings. The summed E-state index contributed by atoms with van der Waals surface area (Å²) in [6.45, 7) is 0.415. The number of ether oxygens (including phenoxy) is 1. The summed E-state index contributed by atoms with van der Waals surface area (Å²) >= 11 is 0. The molecule has 1 atom stereocenters. The van der Waals surface area contributed by atoms with Gasteiger partial charge in [0.05, 0.1) is 6.10 Å². The van der Waals surface area contributed by atoms with Crippen LogP contribution in [-0.4, -0.2) is 29.8 Å². The molecule has 5 nitrogen and oxygen atoms in total. The fraction of sp³-hybridized carbons (Fsp3) is 0.231. The minimum Gasteiger partial charge on any atom is -0.375 e. The first kappa shape index (κ1) is 12.3. The Kier molecular flexibility index (Phi) is 4.09. The highest BCUT2D eigenvalue weighted by Gasteiger charge is 2.13. The van der Waals surface area contributed by atoms with Crippen LogP contribution in [0.2, 0.25) is 0 Å². The summed E-state index contributed by atoms with van der Waals surface area (Å²) in [5, 5.41) is 9.15. The van der Waals surface area contributed by atoms with Crippen molar-refractivity contribution < 1.29 is 9.53 Å². The SMILES string of the molecule is COC(CNC(=O)c1ccn[nH]1)c1ccccc1. The number of carbonyl (C=O) groups excluding carboxylic acids is 1. The van der Waals surface area contributed by atoms with Gasteiger partial charge in [0.25, 0.3) is 5.91 Å². The van der Waals surface area contributed by atoms with E-state index < -0.39 is 0 Å². The Balaban J connectivity index is 1.94. The van der Waals surface area contributed by atoms with E-state index in [2.05, 4.69) is 15.5 Å². The molecule has 18 heavy (non-hydrogen) atoms. The van der Waals surface area contributed by atoms with E-state index in [1.807, 2.05) is 30.3 Å². The van der Waals surface area contributed by atoms with Crippen LogP contribution in [0.15, 0.2) is 42.6 Å². The normalized spacial score (nSPS) is 12.1. The van der Waals surface area contributed by atoms with Gasteiger partial charge < -0.3 is 10.1 Å². The molecular weight excluding hydrogens is 230 g/mol. The van der Waals surface area contributed by atoms with Gasteiger partial charge in [-0.3, -0.25) is 9.89 Å². The Morgan fingerprint density at radius 2 is 2.17 bits per heavy atom. The molecule has 5 heteroatoms. The van der Waals surface area contributed by atoms with E-state index in [4.69, 9.17) is 4.74 Å². The van der Waals surface area contributed by atoms with Crippen LogP contribution in [0, 0.1) is 0 Å². The highest BCUT2D eigenvalue weighted by atomic mass is 16.5. The number of amides is 1. The Bertz CT molecular complexity index is 482. The molecule has 1 aromatic heterocycles. The summed E-state index contributed by atoms with van der Waals surface area (Å²) in [6, 6.07) is 11.4. The average Bonchev–Trinajstić information content (AvgIpc) is 2.94. The molecule has 1 amide bonds. The van der Waals surface area contributed by atoms with Crippen molar-refractivity contribution in [3.63, 3.8) is 0 Å². The highest BCUT2D eigenvalue weighted by Crippen LogP contribution is 2.14. The van der Waals surface area contributed by atoms with Crippen LogP contribution in [0.4, 0.5) is 0 Å². The predicted octanol–water partition coefficient (Wildman–Crippen LogP) is 1.53. The molecule has 0 spiro atoms. The summed E-state index contributed by atoms with van der Waals surface area (Å²) in [5.74, 6) is -0.189. The molecule has 1 unspecified atom stereocenters. The second-order valence-corrected chi connectivity index (χ2v) is 3.82. The lowest BCUT2D eigenvalue weighted by Gasteiger charge is -2.16. The molecule has 1 aromatic carbocycles. The number of aromatic amines is 1. The second kappa shape index (κ2) is 5.97. The minimum atomic E-state index is -0.189. The Morgan fingerprint density at radius 1 is 1.39 bits per heavy atom. The second-order valence-electron chi connectivity index (χ2n) is 3.82. The van der Waals surface area contributed by atoms with Gasteiger partial charge in [-0.25, -0.2) is 0 Å². The lowest BCUT2D eigenvalue weighted by Crippen LogP contribution is -2.29. The van der Waals surface area contributed by atoms with Crippen LogP contribution >= 0.6 is 0 Å². The first-order valence-corrected chi connectivity index (χ1v) is 5.66. The molecular formula is C13H15N3O2. The summed E-state index contributed by atoms with van der Waals surface area (Å²) in [7, 11) is 1.63. The number of hydrogen-bond acceptors (Lipinski definition) is 3. The lowest BCUT2D eigenvalue weighted by atomic mass is 10.1. The maximum absolute atomic E-state index is 11.7. The van der Waals surface area contributed by atoms with E-state index in [1.54, 1.807) is 19.4 Å². The third-order valence-electron chi connectivity index (χ3n) is 2.65. The molecule has 94 valence electrons. The molecule has 0 radical (unpaired) electrons.